The number of carboxylic acid groups (broad SMARTS) is 1. The summed E-state index contributed by atoms with van der Waals surface area (Å²) in [4.78, 5) is 12.2. The lowest BCUT2D eigenvalue weighted by atomic mass is 10.2. The van der Waals surface area contributed by atoms with Gasteiger partial charge in [-0.3, -0.25) is 0 Å². The number of rotatable bonds is 3. The van der Waals surface area contributed by atoms with Crippen LogP contribution in [-0.4, -0.2) is 33.2 Å². The summed E-state index contributed by atoms with van der Waals surface area (Å²) in [6.07, 6.45) is 3.08. The predicted octanol–water partition coefficient (Wildman–Crippen LogP) is 0.974. The van der Waals surface area contributed by atoms with Crippen LogP contribution in [0.2, 0.25) is 0 Å². The topological polar surface area (TPSA) is 77.2 Å². The number of aromatic nitrogens is 3. The fraction of sp³-hybridized carbons (Fsp3) is 0.100. The van der Waals surface area contributed by atoms with Gasteiger partial charge in [-0.2, -0.15) is 15.0 Å². The Morgan fingerprint density at radius 1 is 1.38 bits per heavy atom. The summed E-state index contributed by atoms with van der Waals surface area (Å²) in [6.45, 7) is 0. The molecule has 0 aliphatic heterocycles. The van der Waals surface area contributed by atoms with Crippen molar-refractivity contribution in [3.05, 3.63) is 36.2 Å². The van der Waals surface area contributed by atoms with Crippen molar-refractivity contribution in [2.75, 3.05) is 7.11 Å². The number of carbonyl (C=O) groups is 1. The molecular formula is C10H9N3O3. The molecule has 0 radical (unpaired) electrons. The SMILES string of the molecule is COc1cc(-n2nccn2)ccc1C(=O)O. The minimum absolute atomic E-state index is 0.110. The number of benzene rings is 1. The van der Waals surface area contributed by atoms with E-state index in [0.29, 0.717) is 5.69 Å². The lowest BCUT2D eigenvalue weighted by Gasteiger charge is -2.06. The molecule has 0 aliphatic rings. The highest BCUT2D eigenvalue weighted by atomic mass is 16.5. The summed E-state index contributed by atoms with van der Waals surface area (Å²) in [5.41, 5.74) is 0.755. The highest BCUT2D eigenvalue weighted by molar-refractivity contribution is 5.91. The lowest BCUT2D eigenvalue weighted by molar-refractivity contribution is 0.0693. The van der Waals surface area contributed by atoms with Crippen molar-refractivity contribution in [2.24, 2.45) is 0 Å². The minimum Gasteiger partial charge on any atom is -0.496 e. The Kier molecular flexibility index (Phi) is 2.55. The Morgan fingerprint density at radius 2 is 2.06 bits per heavy atom. The van der Waals surface area contributed by atoms with E-state index in [-0.39, 0.29) is 11.3 Å². The van der Waals surface area contributed by atoms with Crippen molar-refractivity contribution < 1.29 is 14.6 Å². The molecule has 0 aliphatic carbocycles. The monoisotopic (exact) mass is 219 g/mol. The van der Waals surface area contributed by atoms with Crippen molar-refractivity contribution in [3.63, 3.8) is 0 Å². The number of hydrogen-bond acceptors (Lipinski definition) is 4. The number of ether oxygens (including phenoxy) is 1. The molecule has 0 saturated carbocycles. The second kappa shape index (κ2) is 4.01. The first kappa shape index (κ1) is 10.2. The van der Waals surface area contributed by atoms with E-state index in [1.807, 2.05) is 0 Å². The molecule has 82 valence electrons. The van der Waals surface area contributed by atoms with Crippen LogP contribution in [0.5, 0.6) is 5.75 Å². The third-order valence-electron chi connectivity index (χ3n) is 2.07. The minimum atomic E-state index is -1.03. The van der Waals surface area contributed by atoms with Crippen LogP contribution in [-0.2, 0) is 0 Å². The van der Waals surface area contributed by atoms with Gasteiger partial charge >= 0.3 is 5.97 Å². The van der Waals surface area contributed by atoms with Crippen LogP contribution in [0.15, 0.2) is 30.6 Å². The van der Waals surface area contributed by atoms with Crippen molar-refractivity contribution >= 4 is 5.97 Å². The molecule has 0 fully saturated rings. The fourth-order valence-electron chi connectivity index (χ4n) is 1.33. The van der Waals surface area contributed by atoms with Crippen LogP contribution in [0, 0.1) is 0 Å². The normalized spacial score (nSPS) is 10.1. The molecule has 0 unspecified atom stereocenters. The number of hydrogen-bond donors (Lipinski definition) is 1. The maximum absolute atomic E-state index is 10.9. The lowest BCUT2D eigenvalue weighted by Crippen LogP contribution is -2.04. The molecule has 0 bridgehead atoms. The van der Waals surface area contributed by atoms with Crippen LogP contribution < -0.4 is 4.74 Å². The number of carboxylic acids is 1. The second-order valence-corrected chi connectivity index (χ2v) is 3.01. The van der Waals surface area contributed by atoms with E-state index in [2.05, 4.69) is 10.2 Å². The van der Waals surface area contributed by atoms with Gasteiger partial charge in [0.1, 0.15) is 11.3 Å². The van der Waals surface area contributed by atoms with Gasteiger partial charge in [0.15, 0.2) is 0 Å². The van der Waals surface area contributed by atoms with Crippen molar-refractivity contribution in [3.8, 4) is 11.4 Å². The molecule has 6 heteroatoms. The molecule has 16 heavy (non-hydrogen) atoms. The highest BCUT2D eigenvalue weighted by Crippen LogP contribution is 2.21. The van der Waals surface area contributed by atoms with E-state index in [0.717, 1.165) is 0 Å². The second-order valence-electron chi connectivity index (χ2n) is 3.01. The quantitative estimate of drug-likeness (QED) is 0.832. The molecule has 0 spiro atoms. The van der Waals surface area contributed by atoms with Gasteiger partial charge < -0.3 is 9.84 Å². The van der Waals surface area contributed by atoms with E-state index in [1.165, 1.54) is 30.4 Å². The first-order chi connectivity index (χ1) is 7.72. The van der Waals surface area contributed by atoms with Gasteiger partial charge in [-0.25, -0.2) is 4.79 Å². The van der Waals surface area contributed by atoms with E-state index in [4.69, 9.17) is 9.84 Å². The molecule has 6 nitrogen and oxygen atoms in total. The predicted molar refractivity (Wildman–Crippen MR) is 54.9 cm³/mol. The van der Waals surface area contributed by atoms with Crippen molar-refractivity contribution in [1.29, 1.82) is 0 Å². The first-order valence-electron chi connectivity index (χ1n) is 4.50. The Balaban J connectivity index is 2.49. The largest absolute Gasteiger partial charge is 0.496 e. The summed E-state index contributed by atoms with van der Waals surface area (Å²) in [6, 6.07) is 4.65. The van der Waals surface area contributed by atoms with Crippen LogP contribution in [0.3, 0.4) is 0 Å². The third kappa shape index (κ3) is 1.72. The maximum Gasteiger partial charge on any atom is 0.339 e. The highest BCUT2D eigenvalue weighted by Gasteiger charge is 2.12. The number of nitrogens with zero attached hydrogens (tertiary/aromatic N) is 3. The average Bonchev–Trinajstić information content (AvgIpc) is 2.81. The van der Waals surface area contributed by atoms with E-state index in [1.54, 1.807) is 12.1 Å². The van der Waals surface area contributed by atoms with E-state index >= 15 is 0 Å². The van der Waals surface area contributed by atoms with Gasteiger partial charge in [-0.1, -0.05) is 0 Å². The van der Waals surface area contributed by atoms with E-state index in [9.17, 15) is 4.79 Å². The van der Waals surface area contributed by atoms with Gasteiger partial charge in [0.2, 0.25) is 0 Å². The standard InChI is InChI=1S/C10H9N3O3/c1-16-9-6-7(13-11-4-5-12-13)2-3-8(9)10(14)15/h2-6H,1H3,(H,14,15). The zero-order chi connectivity index (χ0) is 11.5. The molecule has 1 aromatic carbocycles. The average molecular weight is 219 g/mol. The molecule has 2 aromatic rings. The molecule has 0 saturated heterocycles. The zero-order valence-electron chi connectivity index (χ0n) is 8.49. The van der Waals surface area contributed by atoms with Crippen LogP contribution in [0.4, 0.5) is 0 Å². The zero-order valence-corrected chi connectivity index (χ0v) is 8.49. The first-order valence-corrected chi connectivity index (χ1v) is 4.50. The Labute approximate surface area is 91.1 Å². The Morgan fingerprint density at radius 3 is 2.62 bits per heavy atom. The van der Waals surface area contributed by atoms with Gasteiger partial charge in [0, 0.05) is 6.07 Å². The summed E-state index contributed by atoms with van der Waals surface area (Å²) in [5.74, 6) is -0.751. The fourth-order valence-corrected chi connectivity index (χ4v) is 1.33. The summed E-state index contributed by atoms with van der Waals surface area (Å²) < 4.78 is 5.00. The van der Waals surface area contributed by atoms with Crippen molar-refractivity contribution in [2.45, 2.75) is 0 Å². The Bertz CT molecular complexity index is 508. The maximum atomic E-state index is 10.9. The number of methoxy groups -OCH3 is 1. The molecule has 0 atom stereocenters. The molecular weight excluding hydrogens is 210 g/mol. The van der Waals surface area contributed by atoms with Crippen LogP contribution in [0.1, 0.15) is 10.4 Å². The van der Waals surface area contributed by atoms with Gasteiger partial charge in [0.25, 0.3) is 0 Å². The van der Waals surface area contributed by atoms with Gasteiger partial charge in [-0.15, -0.1) is 0 Å². The van der Waals surface area contributed by atoms with Crippen LogP contribution in [0.25, 0.3) is 5.69 Å². The molecule has 1 aromatic heterocycles. The third-order valence-corrected chi connectivity index (χ3v) is 2.07. The molecule has 1 N–H and O–H groups in total. The van der Waals surface area contributed by atoms with Gasteiger partial charge in [-0.05, 0) is 12.1 Å². The summed E-state index contributed by atoms with van der Waals surface area (Å²) in [7, 11) is 1.42. The van der Waals surface area contributed by atoms with E-state index < -0.39 is 5.97 Å². The summed E-state index contributed by atoms with van der Waals surface area (Å²) >= 11 is 0. The van der Waals surface area contributed by atoms with Crippen LogP contribution >= 0.6 is 0 Å². The molecule has 1 heterocycles. The number of aromatic carboxylic acids is 1. The smallest absolute Gasteiger partial charge is 0.339 e. The Hall–Kier alpha value is -2.37. The molecule has 2 rings (SSSR count). The summed E-state index contributed by atoms with van der Waals surface area (Å²) in [5, 5.41) is 16.8. The van der Waals surface area contributed by atoms with Gasteiger partial charge in [0.05, 0.1) is 25.2 Å². The van der Waals surface area contributed by atoms with Crippen molar-refractivity contribution in [1.82, 2.24) is 15.0 Å². The molecule has 0 amide bonds.